The van der Waals surface area contributed by atoms with Gasteiger partial charge in [-0.1, -0.05) is 13.3 Å². The number of rotatable bonds is 5. The number of nitrogens with zero attached hydrogens (tertiary/aromatic N) is 2. The fraction of sp³-hybridized carbons (Fsp3) is 0.375. The van der Waals surface area contributed by atoms with Gasteiger partial charge in [-0.05, 0) is 31.0 Å². The maximum Gasteiger partial charge on any atom is 0.418 e. The van der Waals surface area contributed by atoms with E-state index < -0.39 is 23.2 Å². The zero-order valence-electron chi connectivity index (χ0n) is 12.6. The van der Waals surface area contributed by atoms with Crippen molar-refractivity contribution in [2.75, 3.05) is 0 Å². The van der Waals surface area contributed by atoms with E-state index in [-0.39, 0.29) is 17.4 Å². The molecule has 1 amide bonds. The van der Waals surface area contributed by atoms with Crippen LogP contribution in [0.15, 0.2) is 18.2 Å². The Morgan fingerprint density at radius 3 is 2.61 bits per heavy atom. The fourth-order valence-electron chi connectivity index (χ4n) is 2.70. The minimum Gasteiger partial charge on any atom is -0.368 e. The van der Waals surface area contributed by atoms with E-state index in [1.165, 1.54) is 16.7 Å². The number of aryl methyl sites for hydroxylation is 1. The van der Waals surface area contributed by atoms with Crippen molar-refractivity contribution >= 4 is 16.8 Å². The number of halogens is 3. The molecular formula is C16H16F3N3O. The molecule has 0 aliphatic rings. The fourth-order valence-corrected chi connectivity index (χ4v) is 2.70. The van der Waals surface area contributed by atoms with E-state index in [0.717, 1.165) is 18.9 Å². The lowest BCUT2D eigenvalue weighted by Gasteiger charge is -2.11. The topological polar surface area (TPSA) is 71.8 Å². The molecule has 0 bridgehead atoms. The smallest absolute Gasteiger partial charge is 0.368 e. The molecule has 0 aliphatic heterocycles. The van der Waals surface area contributed by atoms with Gasteiger partial charge in [-0.3, -0.25) is 4.79 Å². The van der Waals surface area contributed by atoms with Crippen LogP contribution in [-0.4, -0.2) is 10.5 Å². The van der Waals surface area contributed by atoms with Gasteiger partial charge in [-0.2, -0.15) is 18.4 Å². The minimum absolute atomic E-state index is 0.0658. The number of hydrogen-bond acceptors (Lipinski definition) is 2. The normalized spacial score (nSPS) is 11.6. The second kappa shape index (κ2) is 6.32. The van der Waals surface area contributed by atoms with Crippen LogP contribution in [0.5, 0.6) is 0 Å². The van der Waals surface area contributed by atoms with E-state index in [4.69, 9.17) is 11.0 Å². The van der Waals surface area contributed by atoms with Gasteiger partial charge in [-0.15, -0.1) is 0 Å². The van der Waals surface area contributed by atoms with Gasteiger partial charge in [0.15, 0.2) is 0 Å². The van der Waals surface area contributed by atoms with Crippen molar-refractivity contribution in [3.05, 3.63) is 35.0 Å². The highest BCUT2D eigenvalue weighted by Crippen LogP contribution is 2.38. The Labute approximate surface area is 131 Å². The van der Waals surface area contributed by atoms with E-state index in [2.05, 4.69) is 0 Å². The number of carbonyl (C=O) groups excluding carboxylic acids is 1. The summed E-state index contributed by atoms with van der Waals surface area (Å²) in [5.41, 5.74) is 4.71. The van der Waals surface area contributed by atoms with E-state index in [1.54, 1.807) is 6.07 Å². The molecule has 0 radical (unpaired) electrons. The van der Waals surface area contributed by atoms with Crippen LogP contribution in [0.4, 0.5) is 13.2 Å². The summed E-state index contributed by atoms with van der Waals surface area (Å²) in [5, 5.41) is 8.91. The number of primary amides is 1. The number of unbranched alkanes of at least 4 members (excludes halogenated alkanes) is 1. The van der Waals surface area contributed by atoms with Crippen molar-refractivity contribution in [3.8, 4) is 6.07 Å². The summed E-state index contributed by atoms with van der Waals surface area (Å²) in [6.45, 7) is 1.78. The van der Waals surface area contributed by atoms with Crippen LogP contribution >= 0.6 is 0 Å². The molecule has 1 aromatic carbocycles. The molecule has 2 aromatic rings. The lowest BCUT2D eigenvalue weighted by atomic mass is 10.0. The molecule has 0 fully saturated rings. The SMILES string of the molecule is CCCCc1cc2c(C(F)(F)F)c(C#N)ccc2n1CC(N)=O. The predicted molar refractivity (Wildman–Crippen MR) is 79.5 cm³/mol. The Hall–Kier alpha value is -2.49. The second-order valence-electron chi connectivity index (χ2n) is 5.32. The Morgan fingerprint density at radius 1 is 1.39 bits per heavy atom. The first-order valence-corrected chi connectivity index (χ1v) is 7.20. The zero-order valence-corrected chi connectivity index (χ0v) is 12.6. The molecule has 7 heteroatoms. The zero-order chi connectivity index (χ0) is 17.2. The Bertz CT molecular complexity index is 784. The van der Waals surface area contributed by atoms with Crippen LogP contribution in [0.2, 0.25) is 0 Å². The summed E-state index contributed by atoms with van der Waals surface area (Å²) in [4.78, 5) is 11.3. The Kier molecular flexibility index (Phi) is 4.64. The number of alkyl halides is 3. The van der Waals surface area contributed by atoms with Crippen molar-refractivity contribution in [2.24, 2.45) is 5.73 Å². The molecule has 4 nitrogen and oxygen atoms in total. The van der Waals surface area contributed by atoms with Gasteiger partial charge in [0, 0.05) is 16.6 Å². The number of amides is 1. The molecule has 23 heavy (non-hydrogen) atoms. The number of nitrogens with two attached hydrogens (primary N) is 1. The first kappa shape index (κ1) is 16.9. The van der Waals surface area contributed by atoms with Crippen LogP contribution in [0.1, 0.15) is 36.6 Å². The highest BCUT2D eigenvalue weighted by molar-refractivity contribution is 5.89. The molecular weight excluding hydrogens is 307 g/mol. The summed E-state index contributed by atoms with van der Waals surface area (Å²) < 4.78 is 41.6. The summed E-state index contributed by atoms with van der Waals surface area (Å²) in [7, 11) is 0. The summed E-state index contributed by atoms with van der Waals surface area (Å²) in [5.74, 6) is -0.627. The highest BCUT2D eigenvalue weighted by atomic mass is 19.4. The van der Waals surface area contributed by atoms with Gasteiger partial charge in [0.05, 0.1) is 17.2 Å². The van der Waals surface area contributed by atoms with E-state index in [1.807, 2.05) is 6.92 Å². The Morgan fingerprint density at radius 2 is 2.09 bits per heavy atom. The van der Waals surface area contributed by atoms with Crippen molar-refractivity contribution < 1.29 is 18.0 Å². The van der Waals surface area contributed by atoms with Crippen LogP contribution in [0, 0.1) is 11.3 Å². The standard InChI is InChI=1S/C16H16F3N3O/c1-2-3-4-11-7-12-13(22(11)9-14(21)23)6-5-10(8-20)15(12)16(17,18)19/h5-7H,2-4,9H2,1H3,(H2,21,23). The largest absolute Gasteiger partial charge is 0.418 e. The third kappa shape index (κ3) is 3.31. The van der Waals surface area contributed by atoms with Crippen LogP contribution < -0.4 is 5.73 Å². The monoisotopic (exact) mass is 323 g/mol. The van der Waals surface area contributed by atoms with E-state index in [0.29, 0.717) is 12.1 Å². The number of fused-ring (bicyclic) bond motifs is 1. The van der Waals surface area contributed by atoms with Gasteiger partial charge in [0.2, 0.25) is 5.91 Å². The third-order valence-corrected chi connectivity index (χ3v) is 3.68. The first-order chi connectivity index (χ1) is 10.8. The number of nitriles is 1. The van der Waals surface area contributed by atoms with Gasteiger partial charge in [0.1, 0.15) is 6.54 Å². The highest BCUT2D eigenvalue weighted by Gasteiger charge is 2.36. The summed E-state index contributed by atoms with van der Waals surface area (Å²) in [6, 6.07) is 5.56. The first-order valence-electron chi connectivity index (χ1n) is 7.20. The lowest BCUT2D eigenvalue weighted by molar-refractivity contribution is -0.136. The maximum absolute atomic E-state index is 13.4. The molecule has 0 aliphatic carbocycles. The van der Waals surface area contributed by atoms with Gasteiger partial charge >= 0.3 is 6.18 Å². The summed E-state index contributed by atoms with van der Waals surface area (Å²) in [6.07, 6.45) is -2.46. The van der Waals surface area contributed by atoms with E-state index in [9.17, 15) is 18.0 Å². The number of carbonyl (C=O) groups is 1. The third-order valence-electron chi connectivity index (χ3n) is 3.68. The van der Waals surface area contributed by atoms with Crippen molar-refractivity contribution in [1.82, 2.24) is 4.57 Å². The van der Waals surface area contributed by atoms with Crippen LogP contribution in [0.25, 0.3) is 10.9 Å². The Balaban J connectivity index is 2.77. The lowest BCUT2D eigenvalue weighted by Crippen LogP contribution is -2.20. The number of hydrogen-bond donors (Lipinski definition) is 1. The average Bonchev–Trinajstić information content (AvgIpc) is 2.80. The second-order valence-corrected chi connectivity index (χ2v) is 5.32. The maximum atomic E-state index is 13.4. The number of aromatic nitrogens is 1. The molecule has 0 atom stereocenters. The molecule has 2 rings (SSSR count). The van der Waals surface area contributed by atoms with Gasteiger partial charge in [0.25, 0.3) is 0 Å². The predicted octanol–water partition coefficient (Wildman–Crippen LogP) is 3.36. The van der Waals surface area contributed by atoms with Gasteiger partial charge < -0.3 is 10.3 Å². The molecule has 0 spiro atoms. The molecule has 0 saturated carbocycles. The van der Waals surface area contributed by atoms with E-state index >= 15 is 0 Å². The molecule has 122 valence electrons. The summed E-state index contributed by atoms with van der Waals surface area (Å²) >= 11 is 0. The van der Waals surface area contributed by atoms with Crippen LogP contribution in [-0.2, 0) is 23.9 Å². The van der Waals surface area contributed by atoms with Crippen molar-refractivity contribution in [3.63, 3.8) is 0 Å². The molecule has 2 N–H and O–H groups in total. The number of benzene rings is 1. The minimum atomic E-state index is -4.65. The average molecular weight is 323 g/mol. The molecule has 1 aromatic heterocycles. The molecule has 0 saturated heterocycles. The van der Waals surface area contributed by atoms with Gasteiger partial charge in [-0.25, -0.2) is 0 Å². The molecule has 1 heterocycles. The quantitative estimate of drug-likeness (QED) is 0.916. The van der Waals surface area contributed by atoms with Crippen molar-refractivity contribution in [1.29, 1.82) is 5.26 Å². The van der Waals surface area contributed by atoms with Crippen LogP contribution in [0.3, 0.4) is 0 Å². The molecule has 0 unspecified atom stereocenters. The van der Waals surface area contributed by atoms with Crippen molar-refractivity contribution in [2.45, 2.75) is 38.9 Å².